The van der Waals surface area contributed by atoms with Gasteiger partial charge in [0.2, 0.25) is 0 Å². The highest BCUT2D eigenvalue weighted by Gasteiger charge is 2.06. The van der Waals surface area contributed by atoms with Crippen LogP contribution in [0.1, 0.15) is 25.5 Å². The van der Waals surface area contributed by atoms with Crippen molar-refractivity contribution < 1.29 is 0 Å². The van der Waals surface area contributed by atoms with Crippen LogP contribution >= 0.6 is 0 Å². The monoisotopic (exact) mass is 161 g/mol. The van der Waals surface area contributed by atoms with Crippen molar-refractivity contribution in [3.63, 3.8) is 0 Å². The summed E-state index contributed by atoms with van der Waals surface area (Å²) in [6.45, 7) is 4.27. The first-order valence-electron chi connectivity index (χ1n) is 4.05. The minimum Gasteiger partial charge on any atom is -0.303 e. The van der Waals surface area contributed by atoms with Crippen LogP contribution < -0.4 is 0 Å². The Kier molecular flexibility index (Phi) is 1.57. The van der Waals surface area contributed by atoms with E-state index in [4.69, 9.17) is 0 Å². The van der Waals surface area contributed by atoms with E-state index in [9.17, 15) is 0 Å². The van der Waals surface area contributed by atoms with Crippen LogP contribution in [0.5, 0.6) is 0 Å². The molecular formula is C9H11N3. The third-order valence-electron chi connectivity index (χ3n) is 1.92. The zero-order valence-corrected chi connectivity index (χ0v) is 7.23. The van der Waals surface area contributed by atoms with E-state index >= 15 is 0 Å². The van der Waals surface area contributed by atoms with E-state index in [1.807, 2.05) is 23.1 Å². The molecule has 0 spiro atoms. The molecular weight excluding hydrogens is 150 g/mol. The van der Waals surface area contributed by atoms with Crippen LogP contribution in [0.4, 0.5) is 0 Å². The summed E-state index contributed by atoms with van der Waals surface area (Å²) in [5.74, 6) is 0.458. The Balaban J connectivity index is 2.70. The van der Waals surface area contributed by atoms with Gasteiger partial charge in [0.05, 0.1) is 23.7 Å². The summed E-state index contributed by atoms with van der Waals surface area (Å²) in [6.07, 6.45) is 7.35. The minimum absolute atomic E-state index is 0.458. The molecule has 0 saturated carbocycles. The first-order chi connectivity index (χ1) is 5.79. The molecule has 3 heteroatoms. The zero-order chi connectivity index (χ0) is 8.55. The number of rotatable bonds is 1. The molecule has 0 aliphatic carbocycles. The molecule has 2 heterocycles. The standard InChI is InChI=1S/C9H11N3/c1-7(2)9-8-5-10-3-4-12(8)6-11-9/h3-7H,1-2H3. The first-order valence-corrected chi connectivity index (χ1v) is 4.05. The lowest BCUT2D eigenvalue weighted by molar-refractivity contribution is 0.840. The predicted molar refractivity (Wildman–Crippen MR) is 47.1 cm³/mol. The van der Waals surface area contributed by atoms with E-state index < -0.39 is 0 Å². The van der Waals surface area contributed by atoms with Crippen LogP contribution in [0.2, 0.25) is 0 Å². The highest BCUT2D eigenvalue weighted by atomic mass is 15.0. The quantitative estimate of drug-likeness (QED) is 0.639. The average molecular weight is 161 g/mol. The van der Waals surface area contributed by atoms with Crippen molar-refractivity contribution in [2.75, 3.05) is 0 Å². The smallest absolute Gasteiger partial charge is 0.0996 e. The van der Waals surface area contributed by atoms with Gasteiger partial charge in [-0.2, -0.15) is 0 Å². The Morgan fingerprint density at radius 2 is 2.25 bits per heavy atom. The maximum Gasteiger partial charge on any atom is 0.0996 e. The van der Waals surface area contributed by atoms with Gasteiger partial charge in [-0.05, 0) is 5.92 Å². The molecule has 0 aliphatic rings. The SMILES string of the molecule is CC(C)c1ncn2ccncc12. The molecule has 0 fully saturated rings. The van der Waals surface area contributed by atoms with Gasteiger partial charge < -0.3 is 4.40 Å². The second-order valence-electron chi connectivity index (χ2n) is 3.15. The van der Waals surface area contributed by atoms with Crippen LogP contribution in [0.15, 0.2) is 24.9 Å². The van der Waals surface area contributed by atoms with Gasteiger partial charge in [-0.3, -0.25) is 4.98 Å². The van der Waals surface area contributed by atoms with Gasteiger partial charge in [-0.25, -0.2) is 4.98 Å². The molecule has 2 aromatic heterocycles. The Hall–Kier alpha value is -1.38. The topological polar surface area (TPSA) is 30.2 Å². The Bertz CT molecular complexity index is 389. The summed E-state index contributed by atoms with van der Waals surface area (Å²) in [7, 11) is 0. The van der Waals surface area contributed by atoms with Crippen molar-refractivity contribution in [2.45, 2.75) is 19.8 Å². The summed E-state index contributed by atoms with van der Waals surface area (Å²) in [4.78, 5) is 8.39. The molecule has 0 bridgehead atoms. The second-order valence-corrected chi connectivity index (χ2v) is 3.15. The molecule has 0 saturated heterocycles. The fraction of sp³-hybridized carbons (Fsp3) is 0.333. The van der Waals surface area contributed by atoms with Crippen molar-refractivity contribution in [3.8, 4) is 0 Å². The summed E-state index contributed by atoms with van der Waals surface area (Å²) in [6, 6.07) is 0. The summed E-state index contributed by atoms with van der Waals surface area (Å²) >= 11 is 0. The third kappa shape index (κ3) is 0.978. The Morgan fingerprint density at radius 1 is 1.42 bits per heavy atom. The van der Waals surface area contributed by atoms with Crippen LogP contribution in [0.3, 0.4) is 0 Å². The van der Waals surface area contributed by atoms with Gasteiger partial charge in [0.25, 0.3) is 0 Å². The van der Waals surface area contributed by atoms with Crippen molar-refractivity contribution in [3.05, 3.63) is 30.6 Å². The van der Waals surface area contributed by atoms with Crippen LogP contribution in [0, 0.1) is 0 Å². The number of aromatic nitrogens is 3. The highest BCUT2D eigenvalue weighted by molar-refractivity contribution is 5.50. The molecule has 0 aliphatic heterocycles. The molecule has 0 radical (unpaired) electrons. The van der Waals surface area contributed by atoms with Gasteiger partial charge in [0.1, 0.15) is 0 Å². The van der Waals surface area contributed by atoms with E-state index in [0.29, 0.717) is 5.92 Å². The van der Waals surface area contributed by atoms with E-state index in [2.05, 4.69) is 23.8 Å². The third-order valence-corrected chi connectivity index (χ3v) is 1.92. The Morgan fingerprint density at radius 3 is 3.00 bits per heavy atom. The van der Waals surface area contributed by atoms with Gasteiger partial charge >= 0.3 is 0 Å². The van der Waals surface area contributed by atoms with Crippen LogP contribution in [-0.4, -0.2) is 14.4 Å². The summed E-state index contributed by atoms with van der Waals surface area (Å²) < 4.78 is 1.99. The fourth-order valence-electron chi connectivity index (χ4n) is 1.31. The average Bonchev–Trinajstić information content (AvgIpc) is 2.47. The fourth-order valence-corrected chi connectivity index (χ4v) is 1.31. The largest absolute Gasteiger partial charge is 0.303 e. The van der Waals surface area contributed by atoms with E-state index in [0.717, 1.165) is 11.2 Å². The van der Waals surface area contributed by atoms with Crippen molar-refractivity contribution in [1.82, 2.24) is 14.4 Å². The van der Waals surface area contributed by atoms with Gasteiger partial charge in [0.15, 0.2) is 0 Å². The molecule has 2 rings (SSSR count). The maximum absolute atomic E-state index is 4.32. The van der Waals surface area contributed by atoms with Crippen molar-refractivity contribution in [2.24, 2.45) is 0 Å². The maximum atomic E-state index is 4.32. The van der Waals surface area contributed by atoms with Gasteiger partial charge in [-0.1, -0.05) is 13.8 Å². The van der Waals surface area contributed by atoms with Gasteiger partial charge in [-0.15, -0.1) is 0 Å². The normalized spacial score (nSPS) is 11.2. The van der Waals surface area contributed by atoms with E-state index in [1.165, 1.54) is 0 Å². The van der Waals surface area contributed by atoms with Crippen molar-refractivity contribution in [1.29, 1.82) is 0 Å². The predicted octanol–water partition coefficient (Wildman–Crippen LogP) is 1.85. The molecule has 0 unspecified atom stereocenters. The lowest BCUT2D eigenvalue weighted by Gasteiger charge is -1.99. The molecule has 0 aromatic carbocycles. The lowest BCUT2D eigenvalue weighted by Crippen LogP contribution is -1.89. The molecule has 62 valence electrons. The van der Waals surface area contributed by atoms with Crippen LogP contribution in [0.25, 0.3) is 5.52 Å². The zero-order valence-electron chi connectivity index (χ0n) is 7.23. The van der Waals surface area contributed by atoms with E-state index in [1.54, 1.807) is 6.20 Å². The highest BCUT2D eigenvalue weighted by Crippen LogP contribution is 2.16. The van der Waals surface area contributed by atoms with E-state index in [-0.39, 0.29) is 0 Å². The van der Waals surface area contributed by atoms with Gasteiger partial charge in [0, 0.05) is 12.4 Å². The van der Waals surface area contributed by atoms with Crippen molar-refractivity contribution >= 4 is 5.52 Å². The number of hydrogen-bond acceptors (Lipinski definition) is 2. The summed E-state index contributed by atoms with van der Waals surface area (Å²) in [5.41, 5.74) is 2.22. The Labute approximate surface area is 71.1 Å². The lowest BCUT2D eigenvalue weighted by atomic mass is 10.1. The number of hydrogen-bond donors (Lipinski definition) is 0. The molecule has 12 heavy (non-hydrogen) atoms. The number of imidazole rings is 1. The molecule has 0 amide bonds. The summed E-state index contributed by atoms with van der Waals surface area (Å²) in [5, 5.41) is 0. The second kappa shape index (κ2) is 2.59. The minimum atomic E-state index is 0.458. The molecule has 2 aromatic rings. The number of fused-ring (bicyclic) bond motifs is 1. The molecule has 3 nitrogen and oxygen atoms in total. The molecule has 0 atom stereocenters. The first kappa shape index (κ1) is 7.28. The van der Waals surface area contributed by atoms with Crippen LogP contribution in [-0.2, 0) is 0 Å². The number of nitrogens with zero attached hydrogens (tertiary/aromatic N) is 3. The molecule has 0 N–H and O–H groups in total.